The van der Waals surface area contributed by atoms with Crippen molar-refractivity contribution in [2.45, 2.75) is 51.7 Å². The SMILES string of the molecule is CC1(NC(=O)OC(C)(C)C)CCN(c2ncc(Br)c(C#N)n2)CC1. The molecule has 0 radical (unpaired) electrons. The van der Waals surface area contributed by atoms with Gasteiger partial charge in [-0.15, -0.1) is 0 Å². The molecule has 1 fully saturated rings. The summed E-state index contributed by atoms with van der Waals surface area (Å²) in [6.45, 7) is 8.93. The smallest absolute Gasteiger partial charge is 0.408 e. The van der Waals surface area contributed by atoms with Gasteiger partial charge in [-0.3, -0.25) is 0 Å². The number of carbonyl (C=O) groups excluding carboxylic acids is 1. The van der Waals surface area contributed by atoms with Crippen LogP contribution < -0.4 is 10.2 Å². The van der Waals surface area contributed by atoms with Crippen LogP contribution in [0.4, 0.5) is 10.7 Å². The van der Waals surface area contributed by atoms with E-state index in [1.807, 2.05) is 38.7 Å². The third-order valence-corrected chi connectivity index (χ3v) is 4.37. The molecule has 24 heavy (non-hydrogen) atoms. The van der Waals surface area contributed by atoms with E-state index in [1.165, 1.54) is 0 Å². The minimum absolute atomic E-state index is 0.320. The molecule has 8 heteroatoms. The highest BCUT2D eigenvalue weighted by Crippen LogP contribution is 2.25. The highest BCUT2D eigenvalue weighted by Gasteiger charge is 2.33. The molecule has 1 aliphatic rings. The zero-order chi connectivity index (χ0) is 18.0. The van der Waals surface area contributed by atoms with Crippen molar-refractivity contribution < 1.29 is 9.53 Å². The molecule has 1 saturated heterocycles. The number of ether oxygens (including phenoxy) is 1. The fourth-order valence-corrected chi connectivity index (χ4v) is 2.74. The minimum Gasteiger partial charge on any atom is -0.444 e. The largest absolute Gasteiger partial charge is 0.444 e. The summed E-state index contributed by atoms with van der Waals surface area (Å²) in [7, 11) is 0. The van der Waals surface area contributed by atoms with E-state index in [2.05, 4.69) is 31.2 Å². The van der Waals surface area contributed by atoms with E-state index in [-0.39, 0.29) is 5.54 Å². The number of rotatable bonds is 2. The van der Waals surface area contributed by atoms with Crippen LogP contribution in [0, 0.1) is 11.3 Å². The van der Waals surface area contributed by atoms with Crippen LogP contribution >= 0.6 is 15.9 Å². The summed E-state index contributed by atoms with van der Waals surface area (Å²) in [5.41, 5.74) is -0.521. The normalized spacial score (nSPS) is 17.1. The van der Waals surface area contributed by atoms with Crippen molar-refractivity contribution in [3.8, 4) is 6.07 Å². The van der Waals surface area contributed by atoms with Gasteiger partial charge in [0.1, 0.15) is 11.7 Å². The van der Waals surface area contributed by atoms with E-state index in [9.17, 15) is 4.79 Å². The number of anilines is 1. The maximum atomic E-state index is 12.0. The molecule has 1 aliphatic heterocycles. The van der Waals surface area contributed by atoms with Crippen LogP contribution in [0.25, 0.3) is 0 Å². The maximum absolute atomic E-state index is 12.0. The number of amides is 1. The molecule has 0 aliphatic carbocycles. The quantitative estimate of drug-likeness (QED) is 0.827. The molecular formula is C16H22BrN5O2. The molecule has 1 amide bonds. The molecule has 0 aromatic carbocycles. The summed E-state index contributed by atoms with van der Waals surface area (Å²) in [5.74, 6) is 0.536. The number of piperidine rings is 1. The van der Waals surface area contributed by atoms with E-state index in [1.54, 1.807) is 6.20 Å². The number of nitrogens with zero attached hydrogens (tertiary/aromatic N) is 4. The highest BCUT2D eigenvalue weighted by molar-refractivity contribution is 9.10. The first-order valence-electron chi connectivity index (χ1n) is 7.81. The van der Waals surface area contributed by atoms with Gasteiger partial charge in [0.15, 0.2) is 5.69 Å². The molecule has 1 aromatic rings. The number of aromatic nitrogens is 2. The molecule has 1 aromatic heterocycles. The minimum atomic E-state index is -0.514. The number of hydrogen-bond acceptors (Lipinski definition) is 6. The highest BCUT2D eigenvalue weighted by atomic mass is 79.9. The second-order valence-corrected chi connectivity index (χ2v) is 8.01. The van der Waals surface area contributed by atoms with Crippen molar-refractivity contribution in [3.63, 3.8) is 0 Å². The Morgan fingerprint density at radius 1 is 1.46 bits per heavy atom. The molecular weight excluding hydrogens is 374 g/mol. The Morgan fingerprint density at radius 3 is 2.62 bits per heavy atom. The predicted octanol–water partition coefficient (Wildman–Crippen LogP) is 2.99. The molecule has 2 rings (SSSR count). The zero-order valence-electron chi connectivity index (χ0n) is 14.4. The van der Waals surface area contributed by atoms with Crippen molar-refractivity contribution in [1.82, 2.24) is 15.3 Å². The van der Waals surface area contributed by atoms with Gasteiger partial charge < -0.3 is 15.0 Å². The van der Waals surface area contributed by atoms with Crippen LogP contribution in [0.15, 0.2) is 10.7 Å². The first-order valence-corrected chi connectivity index (χ1v) is 8.60. The third kappa shape index (κ3) is 4.81. The summed E-state index contributed by atoms with van der Waals surface area (Å²) < 4.78 is 5.92. The molecule has 0 spiro atoms. The fraction of sp³-hybridized carbons (Fsp3) is 0.625. The summed E-state index contributed by atoms with van der Waals surface area (Å²) in [4.78, 5) is 22.6. The van der Waals surface area contributed by atoms with Gasteiger partial charge in [-0.25, -0.2) is 14.8 Å². The molecule has 0 unspecified atom stereocenters. The number of halogens is 1. The standard InChI is InChI=1S/C16H22BrN5O2/c1-15(2,3)24-14(23)21-16(4)5-7-22(8-6-16)13-19-10-11(17)12(9-18)20-13/h10H,5-8H2,1-4H3,(H,21,23). The Kier molecular flexibility index (Phi) is 5.33. The van der Waals surface area contributed by atoms with Gasteiger partial charge in [-0.2, -0.15) is 5.26 Å². The number of alkyl carbamates (subject to hydrolysis) is 1. The second kappa shape index (κ2) is 6.93. The lowest BCUT2D eigenvalue weighted by atomic mass is 9.90. The average molecular weight is 396 g/mol. The Morgan fingerprint density at radius 2 is 2.08 bits per heavy atom. The molecule has 2 heterocycles. The maximum Gasteiger partial charge on any atom is 0.408 e. The lowest BCUT2D eigenvalue weighted by Crippen LogP contribution is -2.54. The lowest BCUT2D eigenvalue weighted by molar-refractivity contribution is 0.0448. The molecule has 7 nitrogen and oxygen atoms in total. The Hall–Kier alpha value is -1.88. The fourth-order valence-electron chi connectivity index (χ4n) is 2.46. The predicted molar refractivity (Wildman–Crippen MR) is 93.7 cm³/mol. The van der Waals surface area contributed by atoms with Gasteiger partial charge in [-0.05, 0) is 56.5 Å². The van der Waals surface area contributed by atoms with Crippen molar-refractivity contribution >= 4 is 28.0 Å². The summed E-state index contributed by atoms with van der Waals surface area (Å²) in [5, 5.41) is 12.0. The van der Waals surface area contributed by atoms with Crippen molar-refractivity contribution in [3.05, 3.63) is 16.4 Å². The molecule has 1 N–H and O–H groups in total. The molecule has 0 bridgehead atoms. The lowest BCUT2D eigenvalue weighted by Gasteiger charge is -2.40. The zero-order valence-corrected chi connectivity index (χ0v) is 16.0. The Balaban J connectivity index is 1.98. The molecule has 0 atom stereocenters. The van der Waals surface area contributed by atoms with Gasteiger partial charge in [0.05, 0.1) is 4.47 Å². The molecule has 130 valence electrons. The Bertz CT molecular complexity index is 657. The van der Waals surface area contributed by atoms with Crippen molar-refractivity contribution in [1.29, 1.82) is 5.26 Å². The van der Waals surface area contributed by atoms with Crippen LogP contribution in [0.1, 0.15) is 46.2 Å². The summed E-state index contributed by atoms with van der Waals surface area (Å²) in [6, 6.07) is 2.04. The van der Waals surface area contributed by atoms with Crippen LogP contribution in [0.5, 0.6) is 0 Å². The van der Waals surface area contributed by atoms with Gasteiger partial charge in [0, 0.05) is 24.8 Å². The van der Waals surface area contributed by atoms with Crippen LogP contribution in [-0.2, 0) is 4.74 Å². The number of hydrogen-bond donors (Lipinski definition) is 1. The van der Waals surface area contributed by atoms with Gasteiger partial charge in [0.25, 0.3) is 0 Å². The van der Waals surface area contributed by atoms with E-state index >= 15 is 0 Å². The Labute approximate surface area is 150 Å². The van der Waals surface area contributed by atoms with Gasteiger partial charge in [0.2, 0.25) is 5.95 Å². The number of carbonyl (C=O) groups is 1. The van der Waals surface area contributed by atoms with Gasteiger partial charge >= 0.3 is 6.09 Å². The van der Waals surface area contributed by atoms with Crippen molar-refractivity contribution in [2.75, 3.05) is 18.0 Å². The van der Waals surface area contributed by atoms with E-state index in [0.717, 1.165) is 12.8 Å². The molecule has 0 saturated carbocycles. The van der Waals surface area contributed by atoms with E-state index in [4.69, 9.17) is 10.00 Å². The first-order chi connectivity index (χ1) is 11.1. The van der Waals surface area contributed by atoms with Crippen LogP contribution in [0.3, 0.4) is 0 Å². The van der Waals surface area contributed by atoms with Crippen molar-refractivity contribution in [2.24, 2.45) is 0 Å². The van der Waals surface area contributed by atoms with Gasteiger partial charge in [-0.1, -0.05) is 0 Å². The third-order valence-electron chi connectivity index (χ3n) is 3.79. The topological polar surface area (TPSA) is 91.1 Å². The van der Waals surface area contributed by atoms with E-state index in [0.29, 0.717) is 29.2 Å². The second-order valence-electron chi connectivity index (χ2n) is 7.15. The number of nitriles is 1. The van der Waals surface area contributed by atoms with Crippen LogP contribution in [0.2, 0.25) is 0 Å². The monoisotopic (exact) mass is 395 g/mol. The number of nitrogens with one attached hydrogen (secondary N) is 1. The van der Waals surface area contributed by atoms with Crippen LogP contribution in [-0.4, -0.2) is 40.3 Å². The summed E-state index contributed by atoms with van der Waals surface area (Å²) >= 11 is 3.26. The first kappa shape index (κ1) is 18.5. The van der Waals surface area contributed by atoms with E-state index < -0.39 is 11.7 Å². The summed E-state index contributed by atoms with van der Waals surface area (Å²) in [6.07, 6.45) is 2.68. The average Bonchev–Trinajstić information content (AvgIpc) is 2.46.